The first-order valence-electron chi connectivity index (χ1n) is 7.87. The number of likely N-dealkylation sites (tertiary alicyclic amines) is 1. The van der Waals surface area contributed by atoms with Gasteiger partial charge in [0.1, 0.15) is 9.88 Å². The quantitative estimate of drug-likeness (QED) is 0.693. The topological polar surface area (TPSA) is 59.2 Å². The van der Waals surface area contributed by atoms with Crippen molar-refractivity contribution in [3.8, 4) is 10.6 Å². The second-order valence-corrected chi connectivity index (χ2v) is 7.75. The Kier molecular flexibility index (Phi) is 3.97. The van der Waals surface area contributed by atoms with E-state index in [2.05, 4.69) is 15.5 Å². The minimum Gasteiger partial charge on any atom is -0.359 e. The van der Waals surface area contributed by atoms with Gasteiger partial charge in [-0.3, -0.25) is 4.79 Å². The van der Waals surface area contributed by atoms with Gasteiger partial charge in [-0.15, -0.1) is 11.3 Å². The van der Waals surface area contributed by atoms with E-state index in [1.165, 1.54) is 11.3 Å². The average Bonchev–Trinajstić information content (AvgIpc) is 3.33. The molecule has 0 bridgehead atoms. The van der Waals surface area contributed by atoms with Crippen LogP contribution in [0.15, 0.2) is 27.4 Å². The molecular formula is C17H17N3O2S2. The van der Waals surface area contributed by atoms with E-state index in [0.29, 0.717) is 0 Å². The fourth-order valence-electron chi connectivity index (χ4n) is 3.08. The molecule has 0 aliphatic carbocycles. The maximum absolute atomic E-state index is 13.1. The summed E-state index contributed by atoms with van der Waals surface area (Å²) in [6, 6.07) is 3.93. The van der Waals surface area contributed by atoms with Crippen LogP contribution >= 0.6 is 22.7 Å². The molecule has 1 saturated heterocycles. The molecule has 1 amide bonds. The largest absolute Gasteiger partial charge is 0.359 e. The summed E-state index contributed by atoms with van der Waals surface area (Å²) in [5.41, 5.74) is 2.72. The summed E-state index contributed by atoms with van der Waals surface area (Å²) >= 11 is 3.11. The Bertz CT molecular complexity index is 866. The van der Waals surface area contributed by atoms with Gasteiger partial charge in [-0.2, -0.15) is 11.3 Å². The SMILES string of the molecule is Cc1cc(C2CCCN2C(=O)c2sc(-c3ccsc3)nc2C)on1. The zero-order valence-electron chi connectivity index (χ0n) is 13.5. The molecule has 4 heterocycles. The second kappa shape index (κ2) is 6.14. The fourth-order valence-corrected chi connectivity index (χ4v) is 4.81. The number of hydrogen-bond donors (Lipinski definition) is 0. The van der Waals surface area contributed by atoms with Gasteiger partial charge < -0.3 is 9.42 Å². The zero-order chi connectivity index (χ0) is 16.7. The summed E-state index contributed by atoms with van der Waals surface area (Å²) in [4.78, 5) is 20.3. The molecule has 3 aromatic rings. The molecule has 1 atom stereocenters. The highest BCUT2D eigenvalue weighted by molar-refractivity contribution is 7.17. The lowest BCUT2D eigenvalue weighted by Crippen LogP contribution is -2.30. The number of carbonyl (C=O) groups excluding carboxylic acids is 1. The van der Waals surface area contributed by atoms with Gasteiger partial charge in [-0.05, 0) is 38.1 Å². The molecule has 1 unspecified atom stereocenters. The van der Waals surface area contributed by atoms with Crippen LogP contribution in [-0.4, -0.2) is 27.5 Å². The van der Waals surface area contributed by atoms with Crippen LogP contribution in [0.4, 0.5) is 0 Å². The van der Waals surface area contributed by atoms with E-state index in [0.717, 1.165) is 52.0 Å². The summed E-state index contributed by atoms with van der Waals surface area (Å²) in [6.45, 7) is 4.55. The highest BCUT2D eigenvalue weighted by Crippen LogP contribution is 2.36. The Hall–Kier alpha value is -1.99. The van der Waals surface area contributed by atoms with Gasteiger partial charge >= 0.3 is 0 Å². The van der Waals surface area contributed by atoms with Crippen molar-refractivity contribution in [1.82, 2.24) is 15.0 Å². The fraction of sp³-hybridized carbons (Fsp3) is 0.353. The van der Waals surface area contributed by atoms with Crippen LogP contribution in [-0.2, 0) is 0 Å². The summed E-state index contributed by atoms with van der Waals surface area (Å²) in [5, 5.41) is 8.95. The van der Waals surface area contributed by atoms with E-state index in [4.69, 9.17) is 4.52 Å². The number of hydrogen-bond acceptors (Lipinski definition) is 6. The highest BCUT2D eigenvalue weighted by atomic mass is 32.1. The van der Waals surface area contributed by atoms with E-state index in [1.807, 2.05) is 36.3 Å². The second-order valence-electron chi connectivity index (χ2n) is 5.97. The normalized spacial score (nSPS) is 17.6. The molecule has 0 radical (unpaired) electrons. The number of aromatic nitrogens is 2. The maximum atomic E-state index is 13.1. The summed E-state index contributed by atoms with van der Waals surface area (Å²) in [5.74, 6) is 0.821. The molecule has 5 nitrogen and oxygen atoms in total. The molecule has 0 spiro atoms. The zero-order valence-corrected chi connectivity index (χ0v) is 15.1. The molecule has 1 fully saturated rings. The standard InChI is InChI=1S/C17H17N3O2S2/c1-10-8-14(22-19-10)13-4-3-6-20(13)17(21)15-11(2)18-16(24-15)12-5-7-23-9-12/h5,7-9,13H,3-4,6H2,1-2H3. The monoisotopic (exact) mass is 359 g/mol. The van der Waals surface area contributed by atoms with Crippen molar-refractivity contribution in [3.63, 3.8) is 0 Å². The number of amides is 1. The van der Waals surface area contributed by atoms with Crippen LogP contribution in [0.2, 0.25) is 0 Å². The lowest BCUT2D eigenvalue weighted by molar-refractivity contribution is 0.0718. The molecule has 0 aromatic carbocycles. The summed E-state index contributed by atoms with van der Waals surface area (Å²) in [6.07, 6.45) is 1.89. The third-order valence-corrected chi connectivity index (χ3v) is 6.12. The van der Waals surface area contributed by atoms with Crippen LogP contribution in [0.3, 0.4) is 0 Å². The van der Waals surface area contributed by atoms with E-state index in [9.17, 15) is 4.79 Å². The van der Waals surface area contributed by atoms with Crippen molar-refractivity contribution in [2.45, 2.75) is 32.7 Å². The molecule has 0 saturated carbocycles. The van der Waals surface area contributed by atoms with Crippen LogP contribution in [0.1, 0.15) is 45.7 Å². The molecule has 3 aromatic heterocycles. The highest BCUT2D eigenvalue weighted by Gasteiger charge is 2.34. The Morgan fingerprint density at radius 1 is 1.42 bits per heavy atom. The van der Waals surface area contributed by atoms with Crippen LogP contribution < -0.4 is 0 Å². The van der Waals surface area contributed by atoms with E-state index >= 15 is 0 Å². The van der Waals surface area contributed by atoms with Gasteiger partial charge in [0.05, 0.1) is 17.4 Å². The Morgan fingerprint density at radius 2 is 2.29 bits per heavy atom. The first-order chi connectivity index (χ1) is 11.6. The van der Waals surface area contributed by atoms with Gasteiger partial charge in [0, 0.05) is 23.6 Å². The van der Waals surface area contributed by atoms with Gasteiger partial charge in [-0.1, -0.05) is 5.16 Å². The molecule has 24 heavy (non-hydrogen) atoms. The lowest BCUT2D eigenvalue weighted by atomic mass is 10.1. The van der Waals surface area contributed by atoms with Crippen molar-refractivity contribution in [1.29, 1.82) is 0 Å². The third kappa shape index (κ3) is 2.67. The number of thiazole rings is 1. The summed E-state index contributed by atoms with van der Waals surface area (Å²) in [7, 11) is 0. The first kappa shape index (κ1) is 15.5. The van der Waals surface area contributed by atoms with Crippen molar-refractivity contribution < 1.29 is 9.32 Å². The van der Waals surface area contributed by atoms with Gasteiger partial charge in [0.2, 0.25) is 0 Å². The molecule has 7 heteroatoms. The number of thiophene rings is 1. The summed E-state index contributed by atoms with van der Waals surface area (Å²) < 4.78 is 5.40. The third-order valence-electron chi connectivity index (χ3n) is 4.25. The van der Waals surface area contributed by atoms with Crippen molar-refractivity contribution in [2.24, 2.45) is 0 Å². The minimum atomic E-state index is -0.0233. The predicted molar refractivity (Wildman–Crippen MR) is 94.4 cm³/mol. The predicted octanol–water partition coefficient (Wildman–Crippen LogP) is 4.45. The number of carbonyl (C=O) groups is 1. The molecular weight excluding hydrogens is 342 g/mol. The Balaban J connectivity index is 1.63. The Morgan fingerprint density at radius 3 is 3.00 bits per heavy atom. The van der Waals surface area contributed by atoms with Crippen LogP contribution in [0, 0.1) is 13.8 Å². The van der Waals surface area contributed by atoms with Crippen LogP contribution in [0.5, 0.6) is 0 Å². The Labute approximate surface area is 147 Å². The van der Waals surface area contributed by atoms with E-state index < -0.39 is 0 Å². The number of aryl methyl sites for hydroxylation is 2. The van der Waals surface area contributed by atoms with Crippen molar-refractivity contribution >= 4 is 28.6 Å². The van der Waals surface area contributed by atoms with E-state index in [-0.39, 0.29) is 11.9 Å². The molecule has 0 N–H and O–H groups in total. The van der Waals surface area contributed by atoms with E-state index in [1.54, 1.807) is 11.3 Å². The smallest absolute Gasteiger partial charge is 0.266 e. The maximum Gasteiger partial charge on any atom is 0.266 e. The van der Waals surface area contributed by atoms with Crippen LogP contribution in [0.25, 0.3) is 10.6 Å². The molecule has 1 aliphatic heterocycles. The number of nitrogens with zero attached hydrogens (tertiary/aromatic N) is 3. The minimum absolute atomic E-state index is 0.0233. The van der Waals surface area contributed by atoms with Gasteiger partial charge in [-0.25, -0.2) is 4.98 Å². The van der Waals surface area contributed by atoms with Crippen molar-refractivity contribution in [3.05, 3.63) is 44.9 Å². The lowest BCUT2D eigenvalue weighted by Gasteiger charge is -2.22. The molecule has 4 rings (SSSR count). The first-order valence-corrected chi connectivity index (χ1v) is 9.63. The molecule has 1 aliphatic rings. The van der Waals surface area contributed by atoms with Crippen molar-refractivity contribution in [2.75, 3.05) is 6.54 Å². The van der Waals surface area contributed by atoms with Gasteiger partial charge in [0.15, 0.2) is 5.76 Å². The molecule has 124 valence electrons. The number of rotatable bonds is 3. The average molecular weight is 359 g/mol. The van der Waals surface area contributed by atoms with Gasteiger partial charge in [0.25, 0.3) is 5.91 Å².